The summed E-state index contributed by atoms with van der Waals surface area (Å²) in [6.07, 6.45) is 5.35. The molecule has 4 rings (SSSR count). The highest BCUT2D eigenvalue weighted by molar-refractivity contribution is 7.89. The minimum absolute atomic E-state index is 0.0965. The number of carbonyl (C=O) groups excluding carboxylic acids is 1. The van der Waals surface area contributed by atoms with Crippen molar-refractivity contribution in [2.45, 2.75) is 49.5 Å². The Kier molecular flexibility index (Phi) is 4.47. The number of sulfonamides is 1. The van der Waals surface area contributed by atoms with Crippen LogP contribution in [0.15, 0.2) is 29.2 Å². The molecular weight excluding hydrogens is 352 g/mol. The molecule has 1 aromatic rings. The normalized spacial score (nSPS) is 27.7. The first kappa shape index (κ1) is 17.8. The topological polar surface area (TPSA) is 66.9 Å². The fraction of sp³-hybridized carbons (Fsp3) is 0.632. The Morgan fingerprint density at radius 1 is 1.19 bits per heavy atom. The summed E-state index contributed by atoms with van der Waals surface area (Å²) in [6, 6.07) is 7.05. The van der Waals surface area contributed by atoms with Gasteiger partial charge in [-0.25, -0.2) is 8.42 Å². The molecule has 142 valence electrons. The molecule has 0 radical (unpaired) electrons. The van der Waals surface area contributed by atoms with Gasteiger partial charge in [0.05, 0.1) is 12.0 Å². The van der Waals surface area contributed by atoms with Crippen LogP contribution >= 0.6 is 0 Å². The highest BCUT2D eigenvalue weighted by atomic mass is 32.2. The molecule has 0 aromatic heterocycles. The standard InChI is InChI=1S/C19H26N2O4S/c1-25-16-4-2-5-17(12-16)26(23,24)20-11-3-9-19(13-20)10-8-18(22)21(14-19)15-6-7-15/h2,4-5,12,15H,3,6-11,13-14H2,1H3/t19-/m0/s1. The first-order valence-electron chi connectivity index (χ1n) is 9.37. The number of nitrogens with zero attached hydrogens (tertiary/aromatic N) is 2. The fourth-order valence-corrected chi connectivity index (χ4v) is 6.00. The van der Waals surface area contributed by atoms with Gasteiger partial charge in [-0.3, -0.25) is 4.79 Å². The van der Waals surface area contributed by atoms with Gasteiger partial charge in [0.15, 0.2) is 0 Å². The number of ether oxygens (including phenoxy) is 1. The highest BCUT2D eigenvalue weighted by Gasteiger charge is 2.47. The molecule has 1 aliphatic carbocycles. The summed E-state index contributed by atoms with van der Waals surface area (Å²) < 4.78 is 33.1. The van der Waals surface area contributed by atoms with Crippen molar-refractivity contribution >= 4 is 15.9 Å². The van der Waals surface area contributed by atoms with Crippen molar-refractivity contribution in [1.82, 2.24) is 9.21 Å². The average molecular weight is 378 g/mol. The Morgan fingerprint density at radius 2 is 2.00 bits per heavy atom. The van der Waals surface area contributed by atoms with E-state index in [0.717, 1.165) is 32.1 Å². The van der Waals surface area contributed by atoms with E-state index < -0.39 is 10.0 Å². The van der Waals surface area contributed by atoms with Crippen molar-refractivity contribution in [3.8, 4) is 5.75 Å². The lowest BCUT2D eigenvalue weighted by molar-refractivity contribution is -0.139. The summed E-state index contributed by atoms with van der Waals surface area (Å²) >= 11 is 0. The molecule has 26 heavy (non-hydrogen) atoms. The van der Waals surface area contributed by atoms with Gasteiger partial charge in [0.25, 0.3) is 0 Å². The third-order valence-electron chi connectivity index (χ3n) is 5.99. The number of likely N-dealkylation sites (tertiary alicyclic amines) is 1. The van der Waals surface area contributed by atoms with Crippen LogP contribution in [0.1, 0.15) is 38.5 Å². The Hall–Kier alpha value is -1.60. The Bertz CT molecular complexity index is 806. The monoisotopic (exact) mass is 378 g/mol. The van der Waals surface area contributed by atoms with Gasteiger partial charge in [-0.1, -0.05) is 6.07 Å². The van der Waals surface area contributed by atoms with Crippen LogP contribution in [-0.2, 0) is 14.8 Å². The zero-order valence-corrected chi connectivity index (χ0v) is 16.0. The first-order valence-corrected chi connectivity index (χ1v) is 10.8. The molecule has 1 saturated carbocycles. The lowest BCUT2D eigenvalue weighted by Gasteiger charge is -2.48. The number of carbonyl (C=O) groups is 1. The summed E-state index contributed by atoms with van der Waals surface area (Å²) in [7, 11) is -2.02. The second-order valence-corrected chi connectivity index (χ2v) is 9.81. The zero-order chi connectivity index (χ0) is 18.4. The van der Waals surface area contributed by atoms with E-state index >= 15 is 0 Å². The highest BCUT2D eigenvalue weighted by Crippen LogP contribution is 2.43. The van der Waals surface area contributed by atoms with Gasteiger partial charge in [0.2, 0.25) is 15.9 Å². The third kappa shape index (κ3) is 3.22. The molecule has 7 heteroatoms. The number of benzene rings is 1. The molecule has 0 bridgehead atoms. The summed E-state index contributed by atoms with van der Waals surface area (Å²) in [5, 5.41) is 0. The van der Waals surface area contributed by atoms with Gasteiger partial charge < -0.3 is 9.64 Å². The number of methoxy groups -OCH3 is 1. The molecule has 2 saturated heterocycles. The molecule has 0 N–H and O–H groups in total. The average Bonchev–Trinajstić information content (AvgIpc) is 3.49. The molecule has 3 fully saturated rings. The van der Waals surface area contributed by atoms with Crippen molar-refractivity contribution in [1.29, 1.82) is 0 Å². The van der Waals surface area contributed by atoms with Crippen molar-refractivity contribution in [3.05, 3.63) is 24.3 Å². The number of amides is 1. The van der Waals surface area contributed by atoms with Crippen LogP contribution in [0.5, 0.6) is 5.75 Å². The molecule has 2 aliphatic heterocycles. The van der Waals surface area contributed by atoms with E-state index in [9.17, 15) is 13.2 Å². The molecule has 0 unspecified atom stereocenters. The molecule has 6 nitrogen and oxygen atoms in total. The minimum Gasteiger partial charge on any atom is -0.497 e. The Labute approximate surface area is 155 Å². The van der Waals surface area contributed by atoms with E-state index in [1.807, 2.05) is 4.90 Å². The summed E-state index contributed by atoms with van der Waals surface area (Å²) in [4.78, 5) is 14.5. The van der Waals surface area contributed by atoms with Gasteiger partial charge in [0, 0.05) is 43.6 Å². The van der Waals surface area contributed by atoms with Crippen LogP contribution in [0.4, 0.5) is 0 Å². The first-order chi connectivity index (χ1) is 12.4. The Balaban J connectivity index is 1.57. The van der Waals surface area contributed by atoms with E-state index in [0.29, 0.717) is 37.8 Å². The van der Waals surface area contributed by atoms with Crippen molar-refractivity contribution < 1.29 is 17.9 Å². The van der Waals surface area contributed by atoms with Crippen LogP contribution in [0.3, 0.4) is 0 Å². The maximum absolute atomic E-state index is 13.2. The molecule has 3 aliphatic rings. The van der Waals surface area contributed by atoms with Crippen LogP contribution in [-0.4, -0.2) is 56.3 Å². The molecule has 1 aromatic carbocycles. The Morgan fingerprint density at radius 3 is 2.73 bits per heavy atom. The number of hydrogen-bond acceptors (Lipinski definition) is 4. The maximum atomic E-state index is 13.2. The van der Waals surface area contributed by atoms with Crippen LogP contribution in [0.25, 0.3) is 0 Å². The summed E-state index contributed by atoms with van der Waals surface area (Å²) in [5.41, 5.74) is -0.0965. The predicted molar refractivity (Wildman–Crippen MR) is 97.4 cm³/mol. The predicted octanol–water partition coefficient (Wildman–Crippen LogP) is 2.25. The van der Waals surface area contributed by atoms with Crippen molar-refractivity contribution in [2.24, 2.45) is 5.41 Å². The van der Waals surface area contributed by atoms with Crippen molar-refractivity contribution in [2.75, 3.05) is 26.7 Å². The van der Waals surface area contributed by atoms with Crippen LogP contribution < -0.4 is 4.74 Å². The van der Waals surface area contributed by atoms with Gasteiger partial charge in [0.1, 0.15) is 5.75 Å². The van der Waals surface area contributed by atoms with Gasteiger partial charge in [-0.2, -0.15) is 4.31 Å². The zero-order valence-electron chi connectivity index (χ0n) is 15.2. The molecule has 1 amide bonds. The van der Waals surface area contributed by atoms with E-state index in [1.165, 1.54) is 7.11 Å². The third-order valence-corrected chi connectivity index (χ3v) is 7.83. The maximum Gasteiger partial charge on any atom is 0.243 e. The van der Waals surface area contributed by atoms with Gasteiger partial charge in [-0.05, 0) is 44.2 Å². The van der Waals surface area contributed by atoms with E-state index in [1.54, 1.807) is 28.6 Å². The molecule has 1 spiro atoms. The fourth-order valence-electron chi connectivity index (χ4n) is 4.37. The molecular formula is C19H26N2O4S. The SMILES string of the molecule is COc1cccc(S(=O)(=O)N2CCC[C@]3(CCC(=O)N(C4CC4)C3)C2)c1. The quantitative estimate of drug-likeness (QED) is 0.806. The number of rotatable bonds is 4. The van der Waals surface area contributed by atoms with Gasteiger partial charge >= 0.3 is 0 Å². The van der Waals surface area contributed by atoms with E-state index in [-0.39, 0.29) is 16.2 Å². The van der Waals surface area contributed by atoms with Crippen LogP contribution in [0, 0.1) is 5.41 Å². The van der Waals surface area contributed by atoms with Gasteiger partial charge in [-0.15, -0.1) is 0 Å². The molecule has 1 atom stereocenters. The smallest absolute Gasteiger partial charge is 0.243 e. The van der Waals surface area contributed by atoms with Crippen LogP contribution in [0.2, 0.25) is 0 Å². The lowest BCUT2D eigenvalue weighted by atomic mass is 9.74. The minimum atomic E-state index is -3.56. The van der Waals surface area contributed by atoms with E-state index in [4.69, 9.17) is 4.74 Å². The lowest BCUT2D eigenvalue weighted by Crippen LogP contribution is -2.55. The summed E-state index contributed by atoms with van der Waals surface area (Å²) in [5.74, 6) is 0.784. The number of hydrogen-bond donors (Lipinski definition) is 0. The molecule has 2 heterocycles. The second-order valence-electron chi connectivity index (χ2n) is 7.87. The largest absolute Gasteiger partial charge is 0.497 e. The van der Waals surface area contributed by atoms with Crippen molar-refractivity contribution in [3.63, 3.8) is 0 Å². The summed E-state index contributed by atoms with van der Waals surface area (Å²) in [6.45, 7) is 1.75. The van der Waals surface area contributed by atoms with E-state index in [2.05, 4.69) is 0 Å². The number of piperidine rings is 2. The second kappa shape index (κ2) is 6.53.